The summed E-state index contributed by atoms with van der Waals surface area (Å²) in [6, 6.07) is 3.80. The number of benzene rings is 1. The molecule has 2 N–H and O–H groups in total. The fraction of sp³-hybridized carbons (Fsp3) is 0.400. The number of nitrogens with two attached hydrogens (primary N) is 1. The van der Waals surface area contributed by atoms with Crippen LogP contribution in [0.5, 0.6) is 0 Å². The summed E-state index contributed by atoms with van der Waals surface area (Å²) >= 11 is 0. The molecule has 0 unspecified atom stereocenters. The Morgan fingerprint density at radius 2 is 2.15 bits per heavy atom. The Morgan fingerprint density at radius 3 is 2.92 bits per heavy atom. The molecule has 0 bridgehead atoms. The number of hydrogen-bond acceptors (Lipinski definition) is 2. The summed E-state index contributed by atoms with van der Waals surface area (Å²) in [5.74, 6) is 0. The first-order valence-electron chi connectivity index (χ1n) is 4.52. The summed E-state index contributed by atoms with van der Waals surface area (Å²) in [5, 5.41) is 0. The third-order valence-electron chi connectivity index (χ3n) is 2.68. The Balaban J connectivity index is 2.51. The van der Waals surface area contributed by atoms with Crippen LogP contribution in [-0.2, 0) is 13.0 Å². The average molecular weight is 172 g/mol. The molecule has 0 spiro atoms. The molecule has 2 radical (unpaired) electrons. The van der Waals surface area contributed by atoms with E-state index in [0.29, 0.717) is 0 Å². The van der Waals surface area contributed by atoms with Crippen LogP contribution in [0.15, 0.2) is 12.1 Å². The van der Waals surface area contributed by atoms with Crippen molar-refractivity contribution in [3.63, 3.8) is 0 Å². The summed E-state index contributed by atoms with van der Waals surface area (Å²) in [6.07, 6.45) is 1.02. The van der Waals surface area contributed by atoms with Gasteiger partial charge in [-0.2, -0.15) is 0 Å². The predicted octanol–water partition coefficient (Wildman–Crippen LogP) is 0.0505. The fourth-order valence-electron chi connectivity index (χ4n) is 1.86. The molecule has 2 nitrogen and oxygen atoms in total. The molecule has 13 heavy (non-hydrogen) atoms. The van der Waals surface area contributed by atoms with Crippen molar-refractivity contribution < 1.29 is 0 Å². The van der Waals surface area contributed by atoms with Gasteiger partial charge in [-0.15, -0.1) is 0 Å². The van der Waals surface area contributed by atoms with Crippen molar-refractivity contribution in [2.45, 2.75) is 13.0 Å². The quantitative estimate of drug-likeness (QED) is 0.442. The van der Waals surface area contributed by atoms with E-state index in [2.05, 4.69) is 11.9 Å². The topological polar surface area (TPSA) is 29.3 Å². The van der Waals surface area contributed by atoms with Gasteiger partial charge < -0.3 is 10.6 Å². The van der Waals surface area contributed by atoms with Gasteiger partial charge in [0.15, 0.2) is 0 Å². The minimum atomic E-state index is 0.871. The molecule has 1 aliphatic heterocycles. The molecule has 2 rings (SSSR count). The number of rotatable bonds is 0. The van der Waals surface area contributed by atoms with Gasteiger partial charge in [0, 0.05) is 18.8 Å². The van der Waals surface area contributed by atoms with Crippen LogP contribution in [-0.4, -0.2) is 26.3 Å². The molecule has 1 heterocycles. The molecule has 1 aliphatic rings. The van der Waals surface area contributed by atoms with Gasteiger partial charge in [-0.1, -0.05) is 11.5 Å². The Bertz CT molecular complexity index is 336. The summed E-state index contributed by atoms with van der Waals surface area (Å²) < 4.78 is 0. The third-order valence-corrected chi connectivity index (χ3v) is 2.68. The van der Waals surface area contributed by atoms with Gasteiger partial charge in [-0.3, -0.25) is 0 Å². The van der Waals surface area contributed by atoms with Gasteiger partial charge in [0.1, 0.15) is 7.85 Å². The maximum Gasteiger partial charge on any atom is 0.114 e. The van der Waals surface area contributed by atoms with Crippen molar-refractivity contribution >= 4 is 19.0 Å². The van der Waals surface area contributed by atoms with E-state index >= 15 is 0 Å². The van der Waals surface area contributed by atoms with Gasteiger partial charge in [-0.05, 0) is 30.7 Å². The number of anilines is 1. The number of nitrogen functional groups attached to an aromatic ring is 1. The highest BCUT2D eigenvalue weighted by Gasteiger charge is 2.16. The molecule has 0 aliphatic carbocycles. The van der Waals surface area contributed by atoms with Crippen molar-refractivity contribution in [1.29, 1.82) is 0 Å². The molecule has 0 saturated carbocycles. The summed E-state index contributed by atoms with van der Waals surface area (Å²) in [6.45, 7) is 1.99. The van der Waals surface area contributed by atoms with E-state index in [1.165, 1.54) is 11.1 Å². The average Bonchev–Trinajstić information content (AvgIpc) is 2.12. The Morgan fingerprint density at radius 1 is 1.38 bits per heavy atom. The van der Waals surface area contributed by atoms with E-state index in [9.17, 15) is 0 Å². The number of fused-ring (bicyclic) bond motifs is 1. The largest absolute Gasteiger partial charge is 0.398 e. The first kappa shape index (κ1) is 8.63. The van der Waals surface area contributed by atoms with E-state index in [-0.39, 0.29) is 0 Å². The van der Waals surface area contributed by atoms with Gasteiger partial charge in [0.05, 0.1) is 0 Å². The predicted molar refractivity (Wildman–Crippen MR) is 56.3 cm³/mol. The standard InChI is InChI=1S/C10H13BN2/c1-13-5-4-7-8(6-13)10(12)3-2-9(7)11/h2-3H,4-6,12H2,1H3. The zero-order valence-electron chi connectivity index (χ0n) is 7.88. The molecule has 1 aromatic carbocycles. The van der Waals surface area contributed by atoms with Gasteiger partial charge in [0.2, 0.25) is 0 Å². The maximum atomic E-state index is 5.89. The molecule has 3 heteroatoms. The number of likely N-dealkylation sites (N-methyl/N-ethyl adjacent to an activating group) is 1. The van der Waals surface area contributed by atoms with E-state index in [1.54, 1.807) is 0 Å². The lowest BCUT2D eigenvalue weighted by atomic mass is 9.84. The Kier molecular flexibility index (Phi) is 2.04. The van der Waals surface area contributed by atoms with E-state index < -0.39 is 0 Å². The van der Waals surface area contributed by atoms with Crippen LogP contribution in [0.4, 0.5) is 5.69 Å². The van der Waals surface area contributed by atoms with Crippen molar-refractivity contribution in [1.82, 2.24) is 4.90 Å². The lowest BCUT2D eigenvalue weighted by Gasteiger charge is -2.27. The van der Waals surface area contributed by atoms with Crippen LogP contribution in [0, 0.1) is 0 Å². The van der Waals surface area contributed by atoms with Crippen LogP contribution in [0.3, 0.4) is 0 Å². The molecule has 0 atom stereocenters. The Labute approximate surface area is 80.1 Å². The van der Waals surface area contributed by atoms with Crippen LogP contribution >= 0.6 is 0 Å². The lowest BCUT2D eigenvalue weighted by molar-refractivity contribution is 0.314. The zero-order chi connectivity index (χ0) is 9.42. The monoisotopic (exact) mass is 172 g/mol. The maximum absolute atomic E-state index is 5.89. The second kappa shape index (κ2) is 3.07. The molecule has 1 aromatic rings. The number of nitrogens with zero attached hydrogens (tertiary/aromatic N) is 1. The number of hydrogen-bond donors (Lipinski definition) is 1. The van der Waals surface area contributed by atoms with Crippen molar-refractivity contribution in [2.24, 2.45) is 0 Å². The highest BCUT2D eigenvalue weighted by Crippen LogP contribution is 2.21. The zero-order valence-corrected chi connectivity index (χ0v) is 7.88. The summed E-state index contributed by atoms with van der Waals surface area (Å²) in [4.78, 5) is 2.26. The van der Waals surface area contributed by atoms with Crippen LogP contribution in [0.25, 0.3) is 0 Å². The van der Waals surface area contributed by atoms with Crippen molar-refractivity contribution in [2.75, 3.05) is 19.3 Å². The minimum Gasteiger partial charge on any atom is -0.398 e. The normalized spacial score (nSPS) is 17.0. The fourth-order valence-corrected chi connectivity index (χ4v) is 1.86. The van der Waals surface area contributed by atoms with E-state index in [4.69, 9.17) is 13.6 Å². The van der Waals surface area contributed by atoms with Gasteiger partial charge in [-0.25, -0.2) is 0 Å². The molecule has 0 fully saturated rings. The smallest absolute Gasteiger partial charge is 0.114 e. The molecule has 0 amide bonds. The van der Waals surface area contributed by atoms with Crippen LogP contribution in [0.2, 0.25) is 0 Å². The minimum absolute atomic E-state index is 0.871. The van der Waals surface area contributed by atoms with E-state index in [1.807, 2.05) is 12.1 Å². The summed E-state index contributed by atoms with van der Waals surface area (Å²) in [5.41, 5.74) is 10.1. The highest BCUT2D eigenvalue weighted by molar-refractivity contribution is 6.33. The molecule has 0 saturated heterocycles. The van der Waals surface area contributed by atoms with Gasteiger partial charge >= 0.3 is 0 Å². The Hall–Kier alpha value is -0.955. The van der Waals surface area contributed by atoms with Crippen molar-refractivity contribution in [3.05, 3.63) is 23.3 Å². The molecular weight excluding hydrogens is 159 g/mol. The second-order valence-electron chi connectivity index (χ2n) is 3.69. The first-order valence-corrected chi connectivity index (χ1v) is 4.52. The van der Waals surface area contributed by atoms with Crippen LogP contribution in [0.1, 0.15) is 11.1 Å². The molecule has 0 aromatic heterocycles. The second-order valence-corrected chi connectivity index (χ2v) is 3.69. The van der Waals surface area contributed by atoms with E-state index in [0.717, 1.165) is 30.7 Å². The first-order chi connectivity index (χ1) is 6.18. The SMILES string of the molecule is [B]c1ccc(N)c2c1CCN(C)C2. The highest BCUT2D eigenvalue weighted by atomic mass is 15.1. The lowest BCUT2D eigenvalue weighted by Crippen LogP contribution is -2.31. The van der Waals surface area contributed by atoms with Gasteiger partial charge in [0.25, 0.3) is 0 Å². The molecular formula is C10H13BN2. The molecule has 66 valence electrons. The summed E-state index contributed by atoms with van der Waals surface area (Å²) in [7, 11) is 7.98. The van der Waals surface area contributed by atoms with Crippen molar-refractivity contribution in [3.8, 4) is 0 Å². The van der Waals surface area contributed by atoms with Crippen LogP contribution < -0.4 is 11.2 Å². The third kappa shape index (κ3) is 1.44.